The predicted molar refractivity (Wildman–Crippen MR) is 49.9 cm³/mol. The molecule has 0 amide bonds. The number of halogens is 3. The lowest BCUT2D eigenvalue weighted by Crippen LogP contribution is -1.95. The molecule has 0 radical (unpaired) electrons. The van der Waals surface area contributed by atoms with Gasteiger partial charge in [0.25, 0.3) is 0 Å². The molecule has 0 aliphatic rings. The summed E-state index contributed by atoms with van der Waals surface area (Å²) in [6.45, 7) is 0. The summed E-state index contributed by atoms with van der Waals surface area (Å²) in [6.07, 6.45) is 0. The summed E-state index contributed by atoms with van der Waals surface area (Å²) in [6, 6.07) is 3.74. The van der Waals surface area contributed by atoms with Crippen molar-refractivity contribution in [3.8, 4) is 0 Å². The molecule has 0 aliphatic heterocycles. The number of hydrogen-bond acceptors (Lipinski definition) is 2. The molecule has 0 spiro atoms. The Morgan fingerprint density at radius 3 is 2.46 bits per heavy atom. The zero-order valence-corrected chi connectivity index (χ0v) is 8.63. The number of hydrogen-bond donors (Lipinski definition) is 0. The Balaban J connectivity index is 2.99. The maximum absolute atomic E-state index is 12.8. The molecule has 0 saturated carbocycles. The first-order valence-corrected chi connectivity index (χ1v) is 6.10. The van der Waals surface area contributed by atoms with Gasteiger partial charge in [-0.15, -0.1) is 0 Å². The summed E-state index contributed by atoms with van der Waals surface area (Å²) < 4.78 is 34.0. The Kier molecular flexibility index (Phi) is 3.16. The second-order valence-corrected chi connectivity index (χ2v) is 5.62. The predicted octanol–water partition coefficient (Wildman–Crippen LogP) is 2.55. The molecule has 13 heavy (non-hydrogen) atoms. The molecule has 0 unspecified atom stereocenters. The van der Waals surface area contributed by atoms with Gasteiger partial charge in [-0.1, -0.05) is 17.7 Å². The third kappa shape index (κ3) is 3.50. The molecule has 6 heteroatoms. The highest BCUT2D eigenvalue weighted by molar-refractivity contribution is 8.13. The quantitative estimate of drug-likeness (QED) is 0.748. The van der Waals surface area contributed by atoms with Gasteiger partial charge in [0.1, 0.15) is 5.82 Å². The van der Waals surface area contributed by atoms with Crippen LogP contribution in [0.25, 0.3) is 0 Å². The van der Waals surface area contributed by atoms with Crippen molar-refractivity contribution in [3.63, 3.8) is 0 Å². The van der Waals surface area contributed by atoms with Crippen molar-refractivity contribution in [1.29, 1.82) is 0 Å². The van der Waals surface area contributed by atoms with Crippen LogP contribution in [0.15, 0.2) is 18.2 Å². The molecule has 0 aliphatic carbocycles. The molecular formula is C7H5Cl2FO2S. The SMILES string of the molecule is O=S(=O)(Cl)Cc1ccc(Cl)c(F)c1. The minimum atomic E-state index is -3.64. The molecule has 2 nitrogen and oxygen atoms in total. The molecule has 0 aromatic heterocycles. The van der Waals surface area contributed by atoms with Gasteiger partial charge in [0.2, 0.25) is 9.05 Å². The largest absolute Gasteiger partial charge is 0.236 e. The molecule has 1 rings (SSSR count). The second-order valence-electron chi connectivity index (χ2n) is 2.43. The van der Waals surface area contributed by atoms with Crippen molar-refractivity contribution in [3.05, 3.63) is 34.6 Å². The molecule has 0 saturated heterocycles. The normalized spacial score (nSPS) is 11.6. The molecule has 0 fully saturated rings. The fourth-order valence-corrected chi connectivity index (χ4v) is 1.90. The fraction of sp³-hybridized carbons (Fsp3) is 0.143. The van der Waals surface area contributed by atoms with Gasteiger partial charge >= 0.3 is 0 Å². The van der Waals surface area contributed by atoms with E-state index in [4.69, 9.17) is 22.3 Å². The third-order valence-corrected chi connectivity index (χ3v) is 2.64. The summed E-state index contributed by atoms with van der Waals surface area (Å²) in [5.74, 6) is -1.05. The van der Waals surface area contributed by atoms with Crippen molar-refractivity contribution >= 4 is 31.3 Å². The average Bonchev–Trinajstić information content (AvgIpc) is 1.94. The van der Waals surface area contributed by atoms with Crippen molar-refractivity contribution in [2.45, 2.75) is 5.75 Å². The maximum Gasteiger partial charge on any atom is 0.236 e. The summed E-state index contributed by atoms with van der Waals surface area (Å²) in [4.78, 5) is 0. The summed E-state index contributed by atoms with van der Waals surface area (Å²) in [5, 5.41) is -0.0456. The van der Waals surface area contributed by atoms with E-state index in [2.05, 4.69) is 0 Å². The Morgan fingerprint density at radius 1 is 1.38 bits per heavy atom. The van der Waals surface area contributed by atoms with E-state index in [-0.39, 0.29) is 10.6 Å². The molecule has 72 valence electrons. The highest BCUT2D eigenvalue weighted by Crippen LogP contribution is 2.17. The molecular weight excluding hydrogens is 238 g/mol. The van der Waals surface area contributed by atoms with E-state index in [0.29, 0.717) is 0 Å². The second kappa shape index (κ2) is 3.82. The zero-order chi connectivity index (χ0) is 10.1. The molecule has 0 heterocycles. The smallest absolute Gasteiger partial charge is 0.212 e. The summed E-state index contributed by atoms with van der Waals surface area (Å²) >= 11 is 5.39. The summed E-state index contributed by atoms with van der Waals surface area (Å²) in [5.41, 5.74) is 0.275. The van der Waals surface area contributed by atoms with Crippen LogP contribution >= 0.6 is 22.3 Å². The van der Waals surface area contributed by atoms with Crippen LogP contribution in [0.1, 0.15) is 5.56 Å². The van der Waals surface area contributed by atoms with Crippen LogP contribution in [0.4, 0.5) is 4.39 Å². The van der Waals surface area contributed by atoms with Gasteiger partial charge in [-0.2, -0.15) is 0 Å². The highest BCUT2D eigenvalue weighted by atomic mass is 35.7. The van der Waals surface area contributed by atoms with E-state index in [9.17, 15) is 12.8 Å². The van der Waals surface area contributed by atoms with Crippen LogP contribution in [0.2, 0.25) is 5.02 Å². The first-order chi connectivity index (χ1) is 5.88. The number of benzene rings is 1. The average molecular weight is 243 g/mol. The van der Waals surface area contributed by atoms with Crippen molar-refractivity contribution < 1.29 is 12.8 Å². The number of rotatable bonds is 2. The lowest BCUT2D eigenvalue weighted by atomic mass is 10.2. The van der Waals surface area contributed by atoms with E-state index in [1.54, 1.807) is 0 Å². The van der Waals surface area contributed by atoms with Crippen molar-refractivity contribution in [2.75, 3.05) is 0 Å². The van der Waals surface area contributed by atoms with Crippen molar-refractivity contribution in [1.82, 2.24) is 0 Å². The van der Waals surface area contributed by atoms with Crippen LogP contribution in [-0.4, -0.2) is 8.42 Å². The van der Waals surface area contributed by atoms with Crippen LogP contribution < -0.4 is 0 Å². The molecule has 0 bridgehead atoms. The van der Waals surface area contributed by atoms with Crippen LogP contribution in [0.5, 0.6) is 0 Å². The Labute approximate surface area is 84.7 Å². The zero-order valence-electron chi connectivity index (χ0n) is 6.30. The van der Waals surface area contributed by atoms with Crippen LogP contribution in [0, 0.1) is 5.82 Å². The van der Waals surface area contributed by atoms with Gasteiger partial charge in [0, 0.05) is 10.7 Å². The Bertz CT molecular complexity index is 417. The van der Waals surface area contributed by atoms with Crippen molar-refractivity contribution in [2.24, 2.45) is 0 Å². The van der Waals surface area contributed by atoms with Gasteiger partial charge in [0.15, 0.2) is 0 Å². The lowest BCUT2D eigenvalue weighted by molar-refractivity contribution is 0.608. The Morgan fingerprint density at radius 2 is 2.00 bits per heavy atom. The Hall–Kier alpha value is -0.320. The van der Waals surface area contributed by atoms with Gasteiger partial charge in [-0.25, -0.2) is 12.8 Å². The maximum atomic E-state index is 12.8. The molecule has 0 N–H and O–H groups in total. The first-order valence-electron chi connectivity index (χ1n) is 3.25. The highest BCUT2D eigenvalue weighted by Gasteiger charge is 2.08. The van der Waals surface area contributed by atoms with E-state index >= 15 is 0 Å². The van der Waals surface area contributed by atoms with Gasteiger partial charge in [-0.05, 0) is 17.7 Å². The minimum Gasteiger partial charge on any atom is -0.212 e. The van der Waals surface area contributed by atoms with E-state index in [1.165, 1.54) is 12.1 Å². The lowest BCUT2D eigenvalue weighted by Gasteiger charge is -1.98. The summed E-state index contributed by atoms with van der Waals surface area (Å²) in [7, 11) is 1.33. The van der Waals surface area contributed by atoms with E-state index in [0.717, 1.165) is 6.07 Å². The van der Waals surface area contributed by atoms with E-state index < -0.39 is 20.6 Å². The van der Waals surface area contributed by atoms with Gasteiger partial charge in [0.05, 0.1) is 10.8 Å². The van der Waals surface area contributed by atoms with Gasteiger partial charge < -0.3 is 0 Å². The topological polar surface area (TPSA) is 34.1 Å². The van der Waals surface area contributed by atoms with Crippen LogP contribution in [0.3, 0.4) is 0 Å². The molecule has 0 atom stereocenters. The third-order valence-electron chi connectivity index (χ3n) is 1.32. The van der Waals surface area contributed by atoms with Crippen LogP contribution in [-0.2, 0) is 14.8 Å². The molecule has 1 aromatic rings. The standard InChI is InChI=1S/C7H5Cl2FO2S/c8-6-2-1-5(3-7(6)10)4-13(9,11)12/h1-3H,4H2. The fourth-order valence-electron chi connectivity index (χ4n) is 0.828. The monoisotopic (exact) mass is 242 g/mol. The first kappa shape index (κ1) is 10.8. The van der Waals surface area contributed by atoms with E-state index in [1.807, 2.05) is 0 Å². The minimum absolute atomic E-state index is 0.0456. The van der Waals surface area contributed by atoms with Gasteiger partial charge in [-0.3, -0.25) is 0 Å². The molecule has 1 aromatic carbocycles.